The second-order valence-electron chi connectivity index (χ2n) is 27.3. The van der Waals surface area contributed by atoms with Gasteiger partial charge in [-0.05, 0) is 99.9 Å². The molecule has 0 saturated carbocycles. The van der Waals surface area contributed by atoms with E-state index in [1.807, 2.05) is 0 Å². The zero-order valence-electron chi connectivity index (χ0n) is 65.3. The van der Waals surface area contributed by atoms with Gasteiger partial charge >= 0.3 is 11.9 Å². The van der Waals surface area contributed by atoms with Gasteiger partial charge in [-0.15, -0.1) is 0 Å². The van der Waals surface area contributed by atoms with Crippen LogP contribution >= 0.6 is 23.5 Å². The molecule has 2 rings (SSSR count). The Morgan fingerprint density at radius 1 is 0.451 bits per heavy atom. The van der Waals surface area contributed by atoms with E-state index >= 15 is 0 Å². The van der Waals surface area contributed by atoms with Gasteiger partial charge in [-0.1, -0.05) is 72.6 Å². The first kappa shape index (κ1) is 101. The number of para-hydroxylation sites is 1. The van der Waals surface area contributed by atoms with Crippen molar-refractivity contribution in [1.29, 1.82) is 0 Å². The third kappa shape index (κ3) is 36.4. The Hall–Kier alpha value is -10.2. The van der Waals surface area contributed by atoms with E-state index in [4.69, 9.17) is 27.1 Å². The van der Waals surface area contributed by atoms with Gasteiger partial charge in [0.1, 0.15) is 84.6 Å². The molecule has 15 amide bonds. The molecular weight excluding hydrogens is 1530 g/mol. The fraction of sp³-hybridized carbons (Fsp3) is 0.629. The number of aromatic nitrogens is 1. The predicted molar refractivity (Wildman–Crippen MR) is 412 cm³/mol. The van der Waals surface area contributed by atoms with Gasteiger partial charge in [-0.3, -0.25) is 81.5 Å². The normalized spacial score (nSPS) is 15.6. The minimum Gasteiger partial charge on any atom is -0.481 e. The van der Waals surface area contributed by atoms with Crippen LogP contribution in [0, 0.1) is 17.8 Å². The Kier molecular flexibility index (Phi) is 45.8. The molecule has 0 aliphatic carbocycles. The fourth-order valence-electron chi connectivity index (χ4n) is 10.5. The van der Waals surface area contributed by atoms with Crippen LogP contribution in [0.3, 0.4) is 0 Å². The number of hydrogen-bond acceptors (Lipinski definition) is 24. The SMILES string of the molecule is CC(=O)O.CC[C@H](C)[C@H](NC(=O)[C@H](CO)NC(=O)[C@H](C)NC(=O)[C@H](CC(=O)O)NC(=O)[C@H](CC(C)C)NC(=O)[C@H](CO)NC(=O)[C@@H](N)[C@@H](C)O)C(=O)N[C@H](C(=O)N[C@@H](Cc1c[nH]c2ccccc12)C(=O)N[C@@H](C)C(=O)N[C@@H](CCSC)C(=O)N[C@@H](CCSC)C(=O)N[C@@H](CCC(N)=O)C(=O)N[C@@H](CC(N)=O)C(=O)O)[C@@H](C)CC. The quantitative estimate of drug-likeness (QED) is 0.0293. The number of nitrogens with one attached hydrogen (secondary N) is 14. The van der Waals surface area contributed by atoms with Crippen molar-refractivity contribution in [3.8, 4) is 0 Å². The molecule has 0 saturated heterocycles. The average molecular weight is 1640 g/mol. The van der Waals surface area contributed by atoms with E-state index in [1.54, 1.807) is 84.5 Å². The minimum atomic E-state index is -1.91. The number of hydrogen-bond donors (Lipinski definition) is 23. The van der Waals surface area contributed by atoms with Gasteiger partial charge in [0.25, 0.3) is 5.97 Å². The summed E-state index contributed by atoms with van der Waals surface area (Å²) in [6, 6.07) is -15.1. The van der Waals surface area contributed by atoms with E-state index < -0.39 is 248 Å². The van der Waals surface area contributed by atoms with Crippen LogP contribution in [0.25, 0.3) is 10.9 Å². The number of carboxylic acids is 3. The molecule has 1 heterocycles. The number of aliphatic hydroxyl groups is 3. The fourth-order valence-corrected chi connectivity index (χ4v) is 11.5. The van der Waals surface area contributed by atoms with Crippen LogP contribution in [-0.2, 0) is 92.7 Å². The van der Waals surface area contributed by atoms with Gasteiger partial charge in [0, 0.05) is 36.9 Å². The summed E-state index contributed by atoms with van der Waals surface area (Å²) in [5.74, 6) is -20.5. The monoisotopic (exact) mass is 1640 g/mol. The highest BCUT2D eigenvalue weighted by atomic mass is 32.2. The average Bonchev–Trinajstić information content (AvgIpc) is 1.56. The first-order valence-corrected chi connectivity index (χ1v) is 39.0. The molecule has 634 valence electrons. The van der Waals surface area contributed by atoms with Crippen molar-refractivity contribution in [2.75, 3.05) is 37.2 Å². The van der Waals surface area contributed by atoms with Gasteiger partial charge < -0.3 is 122 Å². The van der Waals surface area contributed by atoms with Crippen LogP contribution < -0.4 is 86.3 Å². The number of thioether (sulfide) groups is 2. The molecular formula is C70H113N17O24S2. The highest BCUT2D eigenvalue weighted by Crippen LogP contribution is 2.21. The van der Waals surface area contributed by atoms with Crippen LogP contribution in [0.15, 0.2) is 30.5 Å². The molecule has 0 fully saturated rings. The molecule has 0 aliphatic heterocycles. The molecule has 43 heteroatoms. The van der Waals surface area contributed by atoms with Crippen molar-refractivity contribution in [2.24, 2.45) is 35.0 Å². The second kappa shape index (κ2) is 51.4. The number of aliphatic hydroxyl groups excluding tert-OH is 3. The van der Waals surface area contributed by atoms with E-state index in [0.717, 1.165) is 13.8 Å². The highest BCUT2D eigenvalue weighted by Gasteiger charge is 2.39. The molecule has 26 N–H and O–H groups in total. The van der Waals surface area contributed by atoms with Crippen LogP contribution in [0.5, 0.6) is 0 Å². The summed E-state index contributed by atoms with van der Waals surface area (Å²) in [6.45, 7) is 12.5. The Morgan fingerprint density at radius 2 is 0.823 bits per heavy atom. The first-order valence-electron chi connectivity index (χ1n) is 36.3. The molecule has 41 nitrogen and oxygen atoms in total. The third-order valence-corrected chi connectivity index (χ3v) is 18.7. The lowest BCUT2D eigenvalue weighted by Gasteiger charge is -2.31. The Labute approximate surface area is 661 Å². The largest absolute Gasteiger partial charge is 0.481 e. The number of aliphatic carboxylic acids is 3. The summed E-state index contributed by atoms with van der Waals surface area (Å²) in [6.07, 6.45) is 0.998. The number of fused-ring (bicyclic) bond motifs is 1. The number of carbonyl (C=O) groups is 18. The van der Waals surface area contributed by atoms with Crippen LogP contribution in [0.2, 0.25) is 0 Å². The smallest absolute Gasteiger partial charge is 0.326 e. The lowest BCUT2D eigenvalue weighted by Crippen LogP contribution is -2.62. The lowest BCUT2D eigenvalue weighted by molar-refractivity contribution is -0.144. The van der Waals surface area contributed by atoms with Gasteiger partial charge in [0.05, 0.1) is 32.2 Å². The zero-order chi connectivity index (χ0) is 86.3. The number of benzene rings is 1. The maximum absolute atomic E-state index is 14.8. The summed E-state index contributed by atoms with van der Waals surface area (Å²) in [7, 11) is 0. The molecule has 1 aromatic heterocycles. The molecule has 0 radical (unpaired) electrons. The van der Waals surface area contributed by atoms with Crippen LogP contribution in [0.1, 0.15) is 133 Å². The van der Waals surface area contributed by atoms with E-state index in [9.17, 15) is 107 Å². The topological polar surface area (TPSA) is 679 Å². The predicted octanol–water partition coefficient (Wildman–Crippen LogP) is -5.82. The van der Waals surface area contributed by atoms with Crippen molar-refractivity contribution in [3.05, 3.63) is 36.0 Å². The minimum absolute atomic E-state index is 0.0248. The zero-order valence-corrected chi connectivity index (χ0v) is 66.9. The summed E-state index contributed by atoms with van der Waals surface area (Å²) in [5.41, 5.74) is 17.3. The number of nitrogens with two attached hydrogens (primary N) is 3. The molecule has 0 unspecified atom stereocenters. The maximum atomic E-state index is 14.8. The standard InChI is InChI=1S/C68H109N17O22S2.C2H4O2/c1-12-32(5)53(85-67(105)54(33(6)13-2)84-64(102)48(30-87)82-56(94)35(8)74-61(99)45(27-51(91)92)79-62(100)43(24-31(3)4)78-63(101)47(29-86)83-65(103)52(71)36(9)88)66(104)80-44(25-37-28-72-39-17-15-14-16-38(37)39)60(98)73-34(7)55(93)75-41(20-22-108-10)58(96)77-42(21-23-109-11)59(97)76-40(18-19-49(69)89)57(95)81-46(68(106)107)26-50(70)90;1-2(3)4/h14-17,28,31-36,40-48,52-54,72,86-88H,12-13,18-27,29-30,71H2,1-11H3,(H2,69,89)(H2,70,90)(H,73,98)(H,74,99)(H,75,93)(H,76,97)(H,77,96)(H,78,101)(H,79,100)(H,80,104)(H,81,95)(H,82,94)(H,83,103)(H,84,102)(H,85,105)(H,91,92)(H,106,107);1H3,(H,3,4)/t32-,33-,34-,35-,36+,40-,41-,42-,43-,44-,45-,46-,47-,48-,52-,53-,54-;/m0./s1. The number of carboxylic acid groups (broad SMARTS) is 3. The van der Waals surface area contributed by atoms with Crippen molar-refractivity contribution in [3.63, 3.8) is 0 Å². The number of amides is 15. The number of aromatic amines is 1. The summed E-state index contributed by atoms with van der Waals surface area (Å²) >= 11 is 2.59. The number of primary amides is 2. The van der Waals surface area contributed by atoms with Gasteiger partial charge in [0.15, 0.2) is 0 Å². The van der Waals surface area contributed by atoms with Gasteiger partial charge in [-0.2, -0.15) is 23.5 Å². The molecule has 2 aromatic rings. The molecule has 0 spiro atoms. The first-order chi connectivity index (χ1) is 52.9. The van der Waals surface area contributed by atoms with E-state index in [1.165, 1.54) is 37.4 Å². The Balaban J connectivity index is 0.0000156. The van der Waals surface area contributed by atoms with Gasteiger partial charge in [-0.25, -0.2) is 4.79 Å². The summed E-state index contributed by atoms with van der Waals surface area (Å²) in [5, 5.41) is 89.0. The lowest BCUT2D eigenvalue weighted by atomic mass is 9.94. The molecule has 1 aromatic carbocycles. The van der Waals surface area contributed by atoms with Crippen LogP contribution in [-0.4, -0.2) is 270 Å². The maximum Gasteiger partial charge on any atom is 0.326 e. The van der Waals surface area contributed by atoms with Crippen LogP contribution in [0.4, 0.5) is 0 Å². The van der Waals surface area contributed by atoms with E-state index in [2.05, 4.69) is 74.1 Å². The number of rotatable bonds is 51. The number of carbonyl (C=O) groups excluding carboxylic acids is 15. The third-order valence-electron chi connectivity index (χ3n) is 17.4. The van der Waals surface area contributed by atoms with E-state index in [-0.39, 0.29) is 55.9 Å². The summed E-state index contributed by atoms with van der Waals surface area (Å²) < 4.78 is 0. The Bertz CT molecular complexity index is 3600. The molecule has 113 heavy (non-hydrogen) atoms. The Morgan fingerprint density at radius 3 is 1.26 bits per heavy atom. The number of H-pyrrole nitrogens is 1. The molecule has 0 bridgehead atoms. The van der Waals surface area contributed by atoms with E-state index in [0.29, 0.717) is 16.5 Å². The summed E-state index contributed by atoms with van der Waals surface area (Å²) in [4.78, 5) is 240. The highest BCUT2D eigenvalue weighted by molar-refractivity contribution is 7.98. The molecule has 0 aliphatic rings. The van der Waals surface area contributed by atoms with Crippen molar-refractivity contribution < 1.29 is 117 Å². The van der Waals surface area contributed by atoms with Crippen molar-refractivity contribution >= 4 is 141 Å². The molecule has 17 atom stereocenters. The van der Waals surface area contributed by atoms with Gasteiger partial charge in [0.2, 0.25) is 88.6 Å². The second-order valence-corrected chi connectivity index (χ2v) is 29.2. The van der Waals surface area contributed by atoms with Crippen molar-refractivity contribution in [1.82, 2.24) is 74.1 Å². The van der Waals surface area contributed by atoms with Crippen molar-refractivity contribution in [2.45, 2.75) is 224 Å².